The van der Waals surface area contributed by atoms with Crippen molar-refractivity contribution in [2.45, 2.75) is 43.6 Å². The second kappa shape index (κ2) is 7.34. The number of thioether (sulfide) groups is 1. The fourth-order valence-electron chi connectivity index (χ4n) is 1.99. The number of hydrogen-bond donors (Lipinski definition) is 1. The highest BCUT2D eigenvalue weighted by atomic mass is 32.2. The van der Waals surface area contributed by atoms with Gasteiger partial charge in [-0.25, -0.2) is 5.43 Å². The average molecular weight is 276 g/mol. The van der Waals surface area contributed by atoms with Crippen molar-refractivity contribution in [2.24, 2.45) is 5.10 Å². The number of carbonyl (C=O) groups excluding carboxylic acids is 1. The summed E-state index contributed by atoms with van der Waals surface area (Å²) in [6, 6.07) is 10.2. The molecule has 0 radical (unpaired) electrons. The van der Waals surface area contributed by atoms with Crippen LogP contribution in [0, 0.1) is 0 Å². The molecule has 0 aliphatic heterocycles. The van der Waals surface area contributed by atoms with Crippen molar-refractivity contribution in [3.8, 4) is 0 Å². The van der Waals surface area contributed by atoms with E-state index >= 15 is 0 Å². The summed E-state index contributed by atoms with van der Waals surface area (Å²) in [6.45, 7) is 1.93. The van der Waals surface area contributed by atoms with E-state index in [1.165, 1.54) is 18.4 Å². The molecule has 4 heteroatoms. The van der Waals surface area contributed by atoms with E-state index in [4.69, 9.17) is 0 Å². The van der Waals surface area contributed by atoms with Gasteiger partial charge in [-0.3, -0.25) is 4.79 Å². The third-order valence-electron chi connectivity index (χ3n) is 3.22. The Hall–Kier alpha value is -1.29. The van der Waals surface area contributed by atoms with Crippen LogP contribution >= 0.6 is 11.8 Å². The Kier molecular flexibility index (Phi) is 5.45. The summed E-state index contributed by atoms with van der Waals surface area (Å²) in [5.74, 6) is 0.853. The number of hydrogen-bond acceptors (Lipinski definition) is 3. The standard InChI is InChI=1S/C15H20N2OS/c1-12(19-11-13-7-3-2-4-8-13)15(18)17-16-14-9-5-6-10-14/h2-4,7-8,12H,5-6,9-11H2,1H3,(H,17,18)/t12-/m1/s1. The molecule has 0 saturated heterocycles. The van der Waals surface area contributed by atoms with Gasteiger partial charge in [0.25, 0.3) is 5.91 Å². The van der Waals surface area contributed by atoms with Crippen LogP contribution in [0.5, 0.6) is 0 Å². The van der Waals surface area contributed by atoms with Crippen LogP contribution in [0.25, 0.3) is 0 Å². The van der Waals surface area contributed by atoms with E-state index in [1.807, 2.05) is 25.1 Å². The molecule has 1 aliphatic carbocycles. The van der Waals surface area contributed by atoms with Gasteiger partial charge in [-0.05, 0) is 38.2 Å². The second-order valence-electron chi connectivity index (χ2n) is 4.80. The van der Waals surface area contributed by atoms with Crippen LogP contribution in [0.2, 0.25) is 0 Å². The number of nitrogens with one attached hydrogen (secondary N) is 1. The molecule has 0 heterocycles. The zero-order valence-electron chi connectivity index (χ0n) is 11.3. The van der Waals surface area contributed by atoms with Gasteiger partial charge in [0.1, 0.15) is 0 Å². The van der Waals surface area contributed by atoms with E-state index < -0.39 is 0 Å². The zero-order chi connectivity index (χ0) is 13.5. The smallest absolute Gasteiger partial charge is 0.252 e. The van der Waals surface area contributed by atoms with Gasteiger partial charge in [-0.2, -0.15) is 5.10 Å². The number of amides is 1. The Morgan fingerprint density at radius 3 is 2.68 bits per heavy atom. The molecule has 19 heavy (non-hydrogen) atoms. The summed E-state index contributed by atoms with van der Waals surface area (Å²) < 4.78 is 0. The Morgan fingerprint density at radius 1 is 1.32 bits per heavy atom. The van der Waals surface area contributed by atoms with E-state index in [0.717, 1.165) is 24.3 Å². The summed E-state index contributed by atoms with van der Waals surface area (Å²) in [4.78, 5) is 11.9. The molecule has 1 N–H and O–H groups in total. The molecule has 1 saturated carbocycles. The number of rotatable bonds is 5. The second-order valence-corrected chi connectivity index (χ2v) is 6.13. The Labute approximate surface area is 118 Å². The van der Waals surface area contributed by atoms with Crippen LogP contribution in [0.1, 0.15) is 38.2 Å². The molecule has 0 spiro atoms. The fourth-order valence-corrected chi connectivity index (χ4v) is 2.83. The van der Waals surface area contributed by atoms with Crippen LogP contribution in [-0.2, 0) is 10.5 Å². The topological polar surface area (TPSA) is 41.5 Å². The first kappa shape index (κ1) is 14.1. The fraction of sp³-hybridized carbons (Fsp3) is 0.467. The van der Waals surface area contributed by atoms with Crippen LogP contribution in [0.15, 0.2) is 35.4 Å². The minimum absolute atomic E-state index is 0.000307. The molecule has 3 nitrogen and oxygen atoms in total. The molecular formula is C15H20N2OS. The van der Waals surface area contributed by atoms with Crippen molar-refractivity contribution in [1.82, 2.24) is 5.43 Å². The van der Waals surface area contributed by atoms with E-state index in [1.54, 1.807) is 11.8 Å². The molecule has 0 bridgehead atoms. The first-order valence-electron chi connectivity index (χ1n) is 6.76. The van der Waals surface area contributed by atoms with Crippen molar-refractivity contribution in [2.75, 3.05) is 0 Å². The highest BCUT2D eigenvalue weighted by Crippen LogP contribution is 2.18. The molecule has 1 aromatic carbocycles. The number of hydrazone groups is 1. The highest BCUT2D eigenvalue weighted by Gasteiger charge is 2.14. The van der Waals surface area contributed by atoms with Gasteiger partial charge >= 0.3 is 0 Å². The van der Waals surface area contributed by atoms with E-state index in [0.29, 0.717) is 0 Å². The van der Waals surface area contributed by atoms with E-state index in [-0.39, 0.29) is 11.2 Å². The van der Waals surface area contributed by atoms with Crippen molar-refractivity contribution in [1.29, 1.82) is 0 Å². The number of benzene rings is 1. The third-order valence-corrected chi connectivity index (χ3v) is 4.43. The molecule has 0 aromatic heterocycles. The Balaban J connectivity index is 1.74. The molecule has 2 rings (SSSR count). The first-order valence-corrected chi connectivity index (χ1v) is 7.81. The van der Waals surface area contributed by atoms with Gasteiger partial charge in [0, 0.05) is 11.5 Å². The first-order chi connectivity index (χ1) is 9.25. The summed E-state index contributed by atoms with van der Waals surface area (Å²) >= 11 is 1.64. The third kappa shape index (κ3) is 4.71. The minimum Gasteiger partial charge on any atom is -0.272 e. The molecule has 1 fully saturated rings. The quantitative estimate of drug-likeness (QED) is 0.838. The molecule has 102 valence electrons. The van der Waals surface area contributed by atoms with Crippen molar-refractivity contribution in [3.05, 3.63) is 35.9 Å². The zero-order valence-corrected chi connectivity index (χ0v) is 12.1. The van der Waals surface area contributed by atoms with Crippen molar-refractivity contribution < 1.29 is 4.79 Å². The summed E-state index contributed by atoms with van der Waals surface area (Å²) in [7, 11) is 0. The lowest BCUT2D eigenvalue weighted by Crippen LogP contribution is -2.27. The van der Waals surface area contributed by atoms with Crippen LogP contribution in [0.4, 0.5) is 0 Å². The largest absolute Gasteiger partial charge is 0.272 e. The predicted octanol–water partition coefficient (Wildman–Crippen LogP) is 3.35. The van der Waals surface area contributed by atoms with E-state index in [2.05, 4.69) is 22.7 Å². The summed E-state index contributed by atoms with van der Waals surface area (Å²) in [5.41, 5.74) is 5.07. The Morgan fingerprint density at radius 2 is 2.00 bits per heavy atom. The molecule has 0 unspecified atom stereocenters. The van der Waals surface area contributed by atoms with E-state index in [9.17, 15) is 4.79 Å². The number of nitrogens with zero attached hydrogens (tertiary/aromatic N) is 1. The predicted molar refractivity (Wildman–Crippen MR) is 81.2 cm³/mol. The van der Waals surface area contributed by atoms with Gasteiger partial charge in [-0.1, -0.05) is 30.3 Å². The van der Waals surface area contributed by atoms with Crippen LogP contribution in [0.3, 0.4) is 0 Å². The minimum atomic E-state index is -0.0778. The molecule has 1 atom stereocenters. The molecule has 1 aliphatic rings. The lowest BCUT2D eigenvalue weighted by Gasteiger charge is -2.09. The normalized spacial score (nSPS) is 16.2. The lowest BCUT2D eigenvalue weighted by atomic mass is 10.2. The summed E-state index contributed by atoms with van der Waals surface area (Å²) in [6.07, 6.45) is 4.47. The highest BCUT2D eigenvalue weighted by molar-refractivity contribution is 7.99. The maximum Gasteiger partial charge on any atom is 0.252 e. The average Bonchev–Trinajstić information content (AvgIpc) is 2.96. The van der Waals surface area contributed by atoms with Crippen LogP contribution in [-0.4, -0.2) is 16.9 Å². The Bertz CT molecular complexity index is 437. The molecular weight excluding hydrogens is 256 g/mol. The van der Waals surface area contributed by atoms with Gasteiger partial charge in [-0.15, -0.1) is 11.8 Å². The lowest BCUT2D eigenvalue weighted by molar-refractivity contribution is -0.120. The van der Waals surface area contributed by atoms with Gasteiger partial charge < -0.3 is 0 Å². The number of carbonyl (C=O) groups is 1. The van der Waals surface area contributed by atoms with Crippen LogP contribution < -0.4 is 5.43 Å². The van der Waals surface area contributed by atoms with Crippen molar-refractivity contribution >= 4 is 23.4 Å². The van der Waals surface area contributed by atoms with Gasteiger partial charge in [0.15, 0.2) is 0 Å². The SMILES string of the molecule is C[C@@H](SCc1ccccc1)C(=O)NN=C1CCCC1. The van der Waals surface area contributed by atoms with Gasteiger partial charge in [0.2, 0.25) is 0 Å². The maximum atomic E-state index is 11.9. The maximum absolute atomic E-state index is 11.9. The summed E-state index contributed by atoms with van der Waals surface area (Å²) in [5, 5.41) is 4.13. The van der Waals surface area contributed by atoms with Gasteiger partial charge in [0.05, 0.1) is 5.25 Å². The van der Waals surface area contributed by atoms with Crippen molar-refractivity contribution in [3.63, 3.8) is 0 Å². The molecule has 1 amide bonds. The monoisotopic (exact) mass is 276 g/mol. The molecule has 1 aromatic rings.